The largest absolute Gasteiger partial charge is 0.618 e. The van der Waals surface area contributed by atoms with Gasteiger partial charge in [-0.05, 0) is 46.3 Å². The quantitative estimate of drug-likeness (QED) is 0.180. The molecule has 1 unspecified atom stereocenters. The molecule has 1 atom stereocenters. The first kappa shape index (κ1) is 30.1. The molecule has 0 aliphatic carbocycles. The van der Waals surface area contributed by atoms with Gasteiger partial charge >= 0.3 is 30.3 Å². The molecule has 0 radical (unpaired) electrons. The molecule has 39 heavy (non-hydrogen) atoms. The summed E-state index contributed by atoms with van der Waals surface area (Å²) in [5.74, 6) is -10.5. The highest BCUT2D eigenvalue weighted by atomic mass is 79.9. The lowest BCUT2D eigenvalue weighted by Crippen LogP contribution is -2.59. The van der Waals surface area contributed by atoms with Crippen LogP contribution in [0.15, 0.2) is 53.1 Å². The van der Waals surface area contributed by atoms with Gasteiger partial charge in [-0.1, -0.05) is 0 Å². The van der Waals surface area contributed by atoms with Crippen molar-refractivity contribution >= 4 is 38.4 Å². The number of carbonyl (C=O) groups is 1. The van der Waals surface area contributed by atoms with Crippen molar-refractivity contribution in [2.75, 3.05) is 5.32 Å². The van der Waals surface area contributed by atoms with Gasteiger partial charge in [-0.15, -0.1) is 13.2 Å². The number of amides is 1. The van der Waals surface area contributed by atoms with E-state index in [4.69, 9.17) is 0 Å². The van der Waals surface area contributed by atoms with Crippen molar-refractivity contribution in [3.05, 3.63) is 69.5 Å². The van der Waals surface area contributed by atoms with Gasteiger partial charge in [0.2, 0.25) is 5.52 Å². The third-order valence-electron chi connectivity index (χ3n) is 5.12. The Morgan fingerprint density at radius 3 is 2.03 bits per heavy atom. The van der Waals surface area contributed by atoms with Gasteiger partial charge in [-0.25, -0.2) is 4.39 Å². The van der Waals surface area contributed by atoms with Crippen LogP contribution in [0.5, 0.6) is 5.75 Å². The smallest absolute Gasteiger partial charge is 0.573 e. The highest BCUT2D eigenvalue weighted by Gasteiger charge is 2.81. The Morgan fingerprint density at radius 1 is 0.872 bits per heavy atom. The van der Waals surface area contributed by atoms with E-state index in [2.05, 4.69) is 20.7 Å². The Hall–Kier alpha value is -3.44. The zero-order valence-electron chi connectivity index (χ0n) is 18.2. The van der Waals surface area contributed by atoms with E-state index in [9.17, 15) is 62.7 Å². The second-order valence-corrected chi connectivity index (χ2v) is 8.52. The number of halogens is 13. The molecule has 2 aromatic carbocycles. The monoisotopic (exact) mass is 644 g/mol. The zero-order valence-corrected chi connectivity index (χ0v) is 19.8. The number of aromatic nitrogens is 1. The Kier molecular flexibility index (Phi) is 7.44. The molecule has 0 fully saturated rings. The predicted octanol–water partition coefficient (Wildman–Crippen LogP) is 7.31. The van der Waals surface area contributed by atoms with Crippen LogP contribution in [0, 0.1) is 5.21 Å². The van der Waals surface area contributed by atoms with Crippen LogP contribution in [0.25, 0.3) is 10.9 Å². The van der Waals surface area contributed by atoms with E-state index in [1.54, 1.807) is 5.32 Å². The molecule has 212 valence electrons. The van der Waals surface area contributed by atoms with E-state index in [1.165, 1.54) is 18.2 Å². The van der Waals surface area contributed by atoms with Gasteiger partial charge in [0, 0.05) is 33.1 Å². The van der Waals surface area contributed by atoms with E-state index in [0.29, 0.717) is 10.1 Å². The molecule has 0 saturated carbocycles. The lowest BCUT2D eigenvalue weighted by molar-refractivity contribution is -0.577. The fourth-order valence-electron chi connectivity index (χ4n) is 3.33. The molecule has 18 heteroatoms. The molecule has 1 aromatic heterocycles. The lowest BCUT2D eigenvalue weighted by atomic mass is 9.87. The lowest BCUT2D eigenvalue weighted by Gasteiger charge is -2.36. The van der Waals surface area contributed by atoms with E-state index in [-0.39, 0.29) is 11.6 Å². The molecule has 5 nitrogen and oxygen atoms in total. The van der Waals surface area contributed by atoms with Crippen molar-refractivity contribution in [2.45, 2.75) is 30.3 Å². The third kappa shape index (κ3) is 5.51. The maximum absolute atomic E-state index is 14.9. The van der Waals surface area contributed by atoms with Crippen molar-refractivity contribution in [3.63, 3.8) is 0 Å². The third-order valence-corrected chi connectivity index (χ3v) is 5.75. The van der Waals surface area contributed by atoms with Gasteiger partial charge in [0.05, 0.1) is 5.69 Å². The first-order valence-electron chi connectivity index (χ1n) is 9.83. The van der Waals surface area contributed by atoms with Gasteiger partial charge in [-0.3, -0.25) is 4.79 Å². The fraction of sp³-hybridized carbons (Fsp3) is 0.238. The Bertz CT molecular complexity index is 1420. The van der Waals surface area contributed by atoms with Crippen LogP contribution in [-0.4, -0.2) is 30.5 Å². The van der Waals surface area contributed by atoms with Crippen molar-refractivity contribution < 1.29 is 66.9 Å². The number of carbonyl (C=O) groups excluding carboxylic acids is 1. The summed E-state index contributed by atoms with van der Waals surface area (Å²) in [7, 11) is 0. The average molecular weight is 645 g/mol. The number of hydrogen-bond donors (Lipinski definition) is 1. The van der Waals surface area contributed by atoms with Gasteiger partial charge in [-0.2, -0.15) is 39.9 Å². The number of pyridine rings is 1. The van der Waals surface area contributed by atoms with E-state index in [0.717, 1.165) is 18.3 Å². The Labute approximate surface area is 216 Å². The molecule has 0 aliphatic heterocycles. The minimum Gasteiger partial charge on any atom is -0.618 e. The van der Waals surface area contributed by atoms with Crippen LogP contribution in [-0.2, 0) is 5.67 Å². The molecular weight excluding hydrogens is 636 g/mol. The number of ether oxygens (including phenoxy) is 1. The number of nitrogens with one attached hydrogen (secondary N) is 1. The number of alkyl halides is 12. The number of fused-ring (bicyclic) bond motifs is 1. The van der Waals surface area contributed by atoms with Crippen molar-refractivity contribution in [1.82, 2.24) is 0 Å². The molecule has 3 aromatic rings. The first-order valence-corrected chi connectivity index (χ1v) is 10.6. The number of hydrogen-bond acceptors (Lipinski definition) is 3. The summed E-state index contributed by atoms with van der Waals surface area (Å²) in [5, 5.41) is 14.0. The van der Waals surface area contributed by atoms with E-state index < -0.39 is 69.3 Å². The van der Waals surface area contributed by atoms with Crippen LogP contribution in [0.3, 0.4) is 0 Å². The minimum atomic E-state index is -7.18. The van der Waals surface area contributed by atoms with Gasteiger partial charge in [0.1, 0.15) is 0 Å². The highest BCUT2D eigenvalue weighted by molar-refractivity contribution is 9.10. The van der Waals surface area contributed by atoms with Crippen LogP contribution < -0.4 is 14.8 Å². The van der Waals surface area contributed by atoms with E-state index >= 15 is 0 Å². The second kappa shape index (κ2) is 9.63. The van der Waals surface area contributed by atoms with Crippen molar-refractivity contribution in [3.8, 4) is 5.75 Å². The Balaban J connectivity index is 2.19. The molecule has 0 saturated heterocycles. The first-order chi connectivity index (χ1) is 17.6. The number of benzene rings is 2. The number of anilines is 1. The number of nitrogens with zero attached hydrogens (tertiary/aromatic N) is 1. The van der Waals surface area contributed by atoms with Crippen LogP contribution in [0.1, 0.15) is 15.9 Å². The fourth-order valence-corrected chi connectivity index (χ4v) is 3.87. The zero-order chi connectivity index (χ0) is 29.8. The van der Waals surface area contributed by atoms with Crippen molar-refractivity contribution in [1.29, 1.82) is 0 Å². The minimum absolute atomic E-state index is 0.104. The second-order valence-electron chi connectivity index (χ2n) is 7.67. The van der Waals surface area contributed by atoms with Crippen LogP contribution >= 0.6 is 15.9 Å². The van der Waals surface area contributed by atoms with Gasteiger partial charge in [0.15, 0.2) is 11.9 Å². The normalized spacial score (nSPS) is 14.7. The maximum atomic E-state index is 14.9. The SMILES string of the molecule is O=C(Nc1c(Br)cc(C(F)(C(F)(F)F)C(F)(F)C(F)(F)F)cc1OC(F)(F)F)c1ccc2ccc[n+]([O-])c2c1. The standard InChI is InChI=1S/C21H9BrF12N2O3/c22-12-7-11(17(23,19(26,27)28)18(24,25)20(29,30)31)8-14(39-21(32,33)34)15(12)35-16(37)10-4-3-9-2-1-5-36(38)13(9)6-10/h1-8H,(H,35,37). The Morgan fingerprint density at radius 2 is 1.49 bits per heavy atom. The van der Waals surface area contributed by atoms with Crippen molar-refractivity contribution in [2.24, 2.45) is 0 Å². The maximum Gasteiger partial charge on any atom is 0.573 e. The van der Waals surface area contributed by atoms with E-state index in [1.807, 2.05) is 0 Å². The molecule has 1 N–H and O–H groups in total. The number of rotatable bonds is 5. The molecule has 0 aliphatic rings. The topological polar surface area (TPSA) is 65.3 Å². The molecule has 1 amide bonds. The average Bonchev–Trinajstić information content (AvgIpc) is 2.77. The molecular formula is C21H9BrF12N2O3. The summed E-state index contributed by atoms with van der Waals surface area (Å²) in [6.45, 7) is 0. The molecule has 0 bridgehead atoms. The summed E-state index contributed by atoms with van der Waals surface area (Å²) in [4.78, 5) is 12.7. The molecule has 0 spiro atoms. The summed E-state index contributed by atoms with van der Waals surface area (Å²) < 4.78 is 163. The van der Waals surface area contributed by atoms with Gasteiger partial charge in [0.25, 0.3) is 5.91 Å². The van der Waals surface area contributed by atoms with Gasteiger partial charge < -0.3 is 15.3 Å². The predicted molar refractivity (Wildman–Crippen MR) is 112 cm³/mol. The van der Waals surface area contributed by atoms with Crippen LogP contribution in [0.2, 0.25) is 0 Å². The summed E-state index contributed by atoms with van der Waals surface area (Å²) in [5.41, 5.74) is -10.9. The summed E-state index contributed by atoms with van der Waals surface area (Å²) >= 11 is 2.36. The molecule has 1 heterocycles. The summed E-state index contributed by atoms with van der Waals surface area (Å²) in [6, 6.07) is 5.06. The summed E-state index contributed by atoms with van der Waals surface area (Å²) in [6.07, 6.45) is -18.9. The highest BCUT2D eigenvalue weighted by Crippen LogP contribution is 2.59. The molecule has 3 rings (SSSR count). The van der Waals surface area contributed by atoms with Crippen LogP contribution in [0.4, 0.5) is 58.4 Å².